The zero-order valence-corrected chi connectivity index (χ0v) is 16.9. The molecule has 0 spiro atoms. The third kappa shape index (κ3) is 6.23. The maximum Gasteiger partial charge on any atom is 0.261 e. The van der Waals surface area contributed by atoms with Crippen molar-refractivity contribution in [3.8, 4) is 5.75 Å². The fourth-order valence-electron chi connectivity index (χ4n) is 2.57. The first-order valence-corrected chi connectivity index (χ1v) is 10.3. The van der Waals surface area contributed by atoms with Crippen molar-refractivity contribution in [2.75, 3.05) is 17.6 Å². The minimum atomic E-state index is -3.31. The third-order valence-corrected chi connectivity index (χ3v) is 5.33. The average Bonchev–Trinajstić information content (AvgIpc) is 2.50. The summed E-state index contributed by atoms with van der Waals surface area (Å²) in [7, 11) is -1.82. The number of benzene rings is 1. The Balaban J connectivity index is 2.74. The second-order valence-corrected chi connectivity index (χ2v) is 9.02. The Morgan fingerprint density at radius 1 is 1.04 bits per heavy atom. The molecule has 1 N–H and O–H groups in total. The van der Waals surface area contributed by atoms with Gasteiger partial charge in [0.05, 0.1) is 11.9 Å². The minimum Gasteiger partial charge on any atom is -0.481 e. The lowest BCUT2D eigenvalue weighted by Crippen LogP contribution is -2.47. The lowest BCUT2D eigenvalue weighted by atomic mass is 9.93. The monoisotopic (exact) mass is 370 g/mol. The Morgan fingerprint density at radius 3 is 1.92 bits per heavy atom. The summed E-state index contributed by atoms with van der Waals surface area (Å²) >= 11 is 0. The van der Waals surface area contributed by atoms with E-state index in [0.29, 0.717) is 23.3 Å². The number of hydrogen-bond donors (Lipinski definition) is 1. The molecule has 6 nitrogen and oxygen atoms in total. The number of hydrogen-bond acceptors (Lipinski definition) is 4. The number of carbonyl (C=O) groups is 1. The summed E-state index contributed by atoms with van der Waals surface area (Å²) in [5.41, 5.74) is 0.534. The van der Waals surface area contributed by atoms with Gasteiger partial charge in [-0.1, -0.05) is 27.7 Å². The molecular formula is C18H30N2O4S. The molecule has 142 valence electrons. The van der Waals surface area contributed by atoms with E-state index in [-0.39, 0.29) is 11.9 Å². The first kappa shape index (κ1) is 21.3. The molecule has 1 rings (SSSR count). The van der Waals surface area contributed by atoms with Crippen LogP contribution in [0.4, 0.5) is 5.69 Å². The number of sulfonamides is 1. The van der Waals surface area contributed by atoms with Crippen molar-refractivity contribution < 1.29 is 17.9 Å². The summed E-state index contributed by atoms with van der Waals surface area (Å²) in [5.74, 6) is 1.02. The summed E-state index contributed by atoms with van der Waals surface area (Å²) in [6.07, 6.45) is 0.502. The van der Waals surface area contributed by atoms with Crippen LogP contribution in [0.25, 0.3) is 0 Å². The molecule has 0 aliphatic carbocycles. The van der Waals surface area contributed by atoms with Crippen LogP contribution in [0.2, 0.25) is 0 Å². The van der Waals surface area contributed by atoms with E-state index in [2.05, 4.69) is 33.0 Å². The van der Waals surface area contributed by atoms with E-state index in [1.165, 1.54) is 11.4 Å². The van der Waals surface area contributed by atoms with Gasteiger partial charge in [0.15, 0.2) is 6.10 Å². The standard InChI is InChI=1S/C18H30N2O4S/c1-12(2)17(13(3)4)19-18(21)14(5)24-16-10-8-15(9-11-16)20(6)25(7,22)23/h8-14,17H,1-7H3,(H,19,21)/t14-/m0/s1. The second kappa shape index (κ2) is 8.56. The van der Waals surface area contributed by atoms with Gasteiger partial charge in [-0.15, -0.1) is 0 Å². The number of carbonyl (C=O) groups excluding carboxylic acids is 1. The molecule has 1 aromatic carbocycles. The molecule has 0 saturated carbocycles. The van der Waals surface area contributed by atoms with Gasteiger partial charge in [-0.25, -0.2) is 8.42 Å². The van der Waals surface area contributed by atoms with Crippen molar-refractivity contribution in [2.45, 2.75) is 46.8 Å². The molecule has 0 aromatic heterocycles. The largest absolute Gasteiger partial charge is 0.481 e. The van der Waals surface area contributed by atoms with E-state index < -0.39 is 16.1 Å². The van der Waals surface area contributed by atoms with Crippen LogP contribution in [0, 0.1) is 11.8 Å². The number of nitrogens with one attached hydrogen (secondary N) is 1. The molecule has 0 aliphatic heterocycles. The van der Waals surface area contributed by atoms with Gasteiger partial charge in [0.25, 0.3) is 5.91 Å². The summed E-state index contributed by atoms with van der Waals surface area (Å²) in [6, 6.07) is 6.69. The minimum absolute atomic E-state index is 0.0873. The first-order chi connectivity index (χ1) is 11.4. The van der Waals surface area contributed by atoms with Crippen molar-refractivity contribution in [1.82, 2.24) is 5.32 Å². The normalized spacial score (nSPS) is 13.2. The van der Waals surface area contributed by atoms with Gasteiger partial charge >= 0.3 is 0 Å². The maximum atomic E-state index is 12.3. The Bertz CT molecular complexity index is 661. The summed E-state index contributed by atoms with van der Waals surface area (Å²) in [5, 5.41) is 3.03. The summed E-state index contributed by atoms with van der Waals surface area (Å²) in [6.45, 7) is 10.0. The average molecular weight is 371 g/mol. The van der Waals surface area contributed by atoms with Crippen molar-refractivity contribution in [2.24, 2.45) is 11.8 Å². The highest BCUT2D eigenvalue weighted by Crippen LogP contribution is 2.21. The van der Waals surface area contributed by atoms with Gasteiger partial charge in [0.2, 0.25) is 10.0 Å². The van der Waals surface area contributed by atoms with Gasteiger partial charge < -0.3 is 10.1 Å². The number of amides is 1. The molecule has 0 aliphatic rings. The number of ether oxygens (including phenoxy) is 1. The van der Waals surface area contributed by atoms with Crippen LogP contribution in [-0.2, 0) is 14.8 Å². The third-order valence-electron chi connectivity index (χ3n) is 4.13. The molecular weight excluding hydrogens is 340 g/mol. The molecule has 0 unspecified atom stereocenters. The molecule has 0 bridgehead atoms. The smallest absolute Gasteiger partial charge is 0.261 e. The summed E-state index contributed by atoms with van der Waals surface area (Å²) < 4.78 is 29.9. The molecule has 0 saturated heterocycles. The van der Waals surface area contributed by atoms with Crippen LogP contribution in [0.15, 0.2) is 24.3 Å². The van der Waals surface area contributed by atoms with E-state index in [4.69, 9.17) is 4.74 Å². The lowest BCUT2D eigenvalue weighted by molar-refractivity contribution is -0.128. The fourth-order valence-corrected chi connectivity index (χ4v) is 3.07. The van der Waals surface area contributed by atoms with E-state index in [9.17, 15) is 13.2 Å². The van der Waals surface area contributed by atoms with Gasteiger partial charge in [0, 0.05) is 13.1 Å². The van der Waals surface area contributed by atoms with Crippen molar-refractivity contribution in [3.05, 3.63) is 24.3 Å². The highest BCUT2D eigenvalue weighted by Gasteiger charge is 2.23. The lowest BCUT2D eigenvalue weighted by Gasteiger charge is -2.27. The van der Waals surface area contributed by atoms with Crippen LogP contribution in [0.5, 0.6) is 5.75 Å². The first-order valence-electron chi connectivity index (χ1n) is 8.44. The number of nitrogens with zero attached hydrogens (tertiary/aromatic N) is 1. The zero-order valence-electron chi connectivity index (χ0n) is 16.1. The molecule has 0 radical (unpaired) electrons. The predicted octanol–water partition coefficient (Wildman–Crippen LogP) is 2.65. The van der Waals surface area contributed by atoms with E-state index in [1.54, 1.807) is 31.2 Å². The van der Waals surface area contributed by atoms with E-state index in [0.717, 1.165) is 6.26 Å². The number of rotatable bonds is 8. The van der Waals surface area contributed by atoms with Crippen LogP contribution in [-0.4, -0.2) is 39.8 Å². The van der Waals surface area contributed by atoms with Crippen molar-refractivity contribution in [3.63, 3.8) is 0 Å². The van der Waals surface area contributed by atoms with E-state index in [1.807, 2.05) is 0 Å². The molecule has 1 amide bonds. The SMILES string of the molecule is CC(C)C(NC(=O)[C@H](C)Oc1ccc(N(C)S(C)(=O)=O)cc1)C(C)C. The number of anilines is 1. The van der Waals surface area contributed by atoms with Crippen LogP contribution in [0.3, 0.4) is 0 Å². The van der Waals surface area contributed by atoms with Gasteiger partial charge in [-0.2, -0.15) is 0 Å². The van der Waals surface area contributed by atoms with Crippen molar-refractivity contribution in [1.29, 1.82) is 0 Å². The Morgan fingerprint density at radius 2 is 1.52 bits per heavy atom. The van der Waals surface area contributed by atoms with E-state index >= 15 is 0 Å². The second-order valence-electron chi connectivity index (χ2n) is 7.01. The highest BCUT2D eigenvalue weighted by molar-refractivity contribution is 7.92. The van der Waals surface area contributed by atoms with Gasteiger partial charge in [0.1, 0.15) is 5.75 Å². The van der Waals surface area contributed by atoms with Gasteiger partial charge in [-0.05, 0) is 43.0 Å². The Kier molecular flexibility index (Phi) is 7.29. The quantitative estimate of drug-likeness (QED) is 0.763. The highest BCUT2D eigenvalue weighted by atomic mass is 32.2. The van der Waals surface area contributed by atoms with Crippen LogP contribution in [0.1, 0.15) is 34.6 Å². The molecule has 7 heteroatoms. The molecule has 0 heterocycles. The predicted molar refractivity (Wildman–Crippen MR) is 101 cm³/mol. The van der Waals surface area contributed by atoms with Crippen molar-refractivity contribution >= 4 is 21.6 Å². The molecule has 25 heavy (non-hydrogen) atoms. The van der Waals surface area contributed by atoms with Crippen LogP contribution < -0.4 is 14.4 Å². The topological polar surface area (TPSA) is 75.7 Å². The zero-order chi connectivity index (χ0) is 19.4. The maximum absolute atomic E-state index is 12.3. The Labute approximate surface area is 151 Å². The van der Waals surface area contributed by atoms with Crippen LogP contribution >= 0.6 is 0 Å². The molecule has 1 aromatic rings. The molecule has 0 fully saturated rings. The molecule has 1 atom stereocenters. The fraction of sp³-hybridized carbons (Fsp3) is 0.611. The summed E-state index contributed by atoms with van der Waals surface area (Å²) in [4.78, 5) is 12.3. The van der Waals surface area contributed by atoms with Gasteiger partial charge in [-0.3, -0.25) is 9.10 Å². The Hall–Kier alpha value is -1.76.